The van der Waals surface area contributed by atoms with E-state index in [1.807, 2.05) is 0 Å². The largest absolute Gasteiger partial charge is 0.416 e. The number of benzene rings is 2. The molecule has 0 aromatic heterocycles. The first-order valence-corrected chi connectivity index (χ1v) is 10.5. The molecule has 1 saturated heterocycles. The maximum absolute atomic E-state index is 12.9. The predicted octanol–water partition coefficient (Wildman–Crippen LogP) is 4.67. The van der Waals surface area contributed by atoms with Crippen LogP contribution in [0, 0.1) is 6.92 Å². The maximum atomic E-state index is 12.9. The zero-order valence-corrected chi connectivity index (χ0v) is 17.0. The van der Waals surface area contributed by atoms with Crippen molar-refractivity contribution < 1.29 is 28.1 Å². The molecule has 0 saturated carbocycles. The van der Waals surface area contributed by atoms with E-state index in [9.17, 15) is 23.4 Å². The molecular formula is C24H27F3O3. The SMILES string of the molecule is Cc1c([C@H]2C[C@@H](O)C[C@@H](CO)O2)cc(Cc2ccc(C(F)(F)F)cc2)c2c1CCC2. The summed E-state index contributed by atoms with van der Waals surface area (Å²) in [5.41, 5.74) is 6.12. The van der Waals surface area contributed by atoms with E-state index in [2.05, 4.69) is 13.0 Å². The number of hydrogen-bond acceptors (Lipinski definition) is 3. The van der Waals surface area contributed by atoms with Crippen LogP contribution in [0.4, 0.5) is 13.2 Å². The molecule has 2 aliphatic rings. The summed E-state index contributed by atoms with van der Waals surface area (Å²) < 4.78 is 44.7. The van der Waals surface area contributed by atoms with Gasteiger partial charge in [0.1, 0.15) is 0 Å². The molecule has 3 nitrogen and oxygen atoms in total. The highest BCUT2D eigenvalue weighted by Crippen LogP contribution is 2.39. The van der Waals surface area contributed by atoms with Crippen molar-refractivity contribution in [2.45, 2.75) is 69.9 Å². The Morgan fingerprint density at radius 3 is 2.43 bits per heavy atom. The molecule has 0 bridgehead atoms. The average Bonchev–Trinajstić information content (AvgIpc) is 3.20. The van der Waals surface area contributed by atoms with Crippen molar-refractivity contribution in [3.8, 4) is 0 Å². The molecule has 1 aliphatic carbocycles. The lowest BCUT2D eigenvalue weighted by molar-refractivity contribution is -0.137. The third-order valence-corrected chi connectivity index (χ3v) is 6.43. The number of rotatable bonds is 4. The predicted molar refractivity (Wildman–Crippen MR) is 107 cm³/mol. The molecule has 6 heteroatoms. The van der Waals surface area contributed by atoms with Gasteiger partial charge >= 0.3 is 6.18 Å². The number of aliphatic hydroxyl groups excluding tert-OH is 2. The Bertz CT molecular complexity index is 905. The molecule has 4 rings (SSSR count). The summed E-state index contributed by atoms with van der Waals surface area (Å²) >= 11 is 0. The molecule has 0 amide bonds. The van der Waals surface area contributed by atoms with Gasteiger partial charge in [0.2, 0.25) is 0 Å². The van der Waals surface area contributed by atoms with E-state index >= 15 is 0 Å². The summed E-state index contributed by atoms with van der Waals surface area (Å²) in [4.78, 5) is 0. The number of aliphatic hydroxyl groups is 2. The van der Waals surface area contributed by atoms with Crippen molar-refractivity contribution >= 4 is 0 Å². The van der Waals surface area contributed by atoms with Gasteiger partial charge in [0.25, 0.3) is 0 Å². The van der Waals surface area contributed by atoms with Gasteiger partial charge in [-0.1, -0.05) is 18.2 Å². The molecule has 0 radical (unpaired) electrons. The van der Waals surface area contributed by atoms with Crippen LogP contribution in [0.15, 0.2) is 30.3 Å². The minimum absolute atomic E-state index is 0.129. The number of halogens is 3. The molecule has 2 aromatic carbocycles. The van der Waals surface area contributed by atoms with Crippen LogP contribution in [0.2, 0.25) is 0 Å². The highest BCUT2D eigenvalue weighted by Gasteiger charge is 2.32. The maximum Gasteiger partial charge on any atom is 0.416 e. The number of hydrogen-bond donors (Lipinski definition) is 2. The van der Waals surface area contributed by atoms with Crippen LogP contribution >= 0.6 is 0 Å². The fourth-order valence-electron chi connectivity index (χ4n) is 4.90. The zero-order chi connectivity index (χ0) is 21.5. The normalized spacial score (nSPS) is 24.1. The van der Waals surface area contributed by atoms with Gasteiger partial charge in [0.15, 0.2) is 0 Å². The third-order valence-electron chi connectivity index (χ3n) is 6.43. The highest BCUT2D eigenvalue weighted by molar-refractivity contribution is 5.50. The Morgan fingerprint density at radius 2 is 1.77 bits per heavy atom. The first-order valence-electron chi connectivity index (χ1n) is 10.5. The summed E-state index contributed by atoms with van der Waals surface area (Å²) in [5, 5.41) is 19.8. The molecule has 2 N–H and O–H groups in total. The molecule has 30 heavy (non-hydrogen) atoms. The zero-order valence-electron chi connectivity index (χ0n) is 17.0. The van der Waals surface area contributed by atoms with Crippen LogP contribution in [-0.2, 0) is 30.2 Å². The van der Waals surface area contributed by atoms with Gasteiger partial charge in [0, 0.05) is 12.8 Å². The van der Waals surface area contributed by atoms with Gasteiger partial charge in [-0.3, -0.25) is 0 Å². The van der Waals surface area contributed by atoms with E-state index in [1.54, 1.807) is 12.1 Å². The minimum atomic E-state index is -4.33. The number of alkyl halides is 3. The van der Waals surface area contributed by atoms with Crippen LogP contribution in [0.3, 0.4) is 0 Å². The van der Waals surface area contributed by atoms with Crippen molar-refractivity contribution in [2.24, 2.45) is 0 Å². The Kier molecular flexibility index (Phi) is 5.93. The summed E-state index contributed by atoms with van der Waals surface area (Å²) in [6, 6.07) is 7.47. The second-order valence-electron chi connectivity index (χ2n) is 8.49. The van der Waals surface area contributed by atoms with E-state index in [4.69, 9.17) is 4.74 Å². The Balaban J connectivity index is 1.67. The summed E-state index contributed by atoms with van der Waals surface area (Å²) in [6.45, 7) is 1.95. The molecular weight excluding hydrogens is 393 g/mol. The fraction of sp³-hybridized carbons (Fsp3) is 0.500. The van der Waals surface area contributed by atoms with Gasteiger partial charge < -0.3 is 14.9 Å². The number of fused-ring (bicyclic) bond motifs is 1. The van der Waals surface area contributed by atoms with Gasteiger partial charge in [-0.2, -0.15) is 13.2 Å². The van der Waals surface area contributed by atoms with E-state index in [0.29, 0.717) is 19.3 Å². The van der Waals surface area contributed by atoms with Crippen LogP contribution < -0.4 is 0 Å². The van der Waals surface area contributed by atoms with Crippen LogP contribution in [0.5, 0.6) is 0 Å². The topological polar surface area (TPSA) is 49.7 Å². The quantitative estimate of drug-likeness (QED) is 0.756. The lowest BCUT2D eigenvalue weighted by atomic mass is 9.86. The van der Waals surface area contributed by atoms with E-state index in [1.165, 1.54) is 16.7 Å². The Hall–Kier alpha value is -1.89. The van der Waals surface area contributed by atoms with E-state index in [0.717, 1.165) is 48.1 Å². The number of ether oxygens (including phenoxy) is 1. The van der Waals surface area contributed by atoms with Gasteiger partial charge in [-0.15, -0.1) is 0 Å². The molecule has 162 valence electrons. The van der Waals surface area contributed by atoms with Crippen LogP contribution in [0.1, 0.15) is 64.3 Å². The molecule has 0 unspecified atom stereocenters. The molecule has 0 spiro atoms. The molecule has 1 fully saturated rings. The molecule has 2 aromatic rings. The van der Waals surface area contributed by atoms with Crippen molar-refractivity contribution in [3.63, 3.8) is 0 Å². The summed E-state index contributed by atoms with van der Waals surface area (Å²) in [5.74, 6) is 0. The second-order valence-corrected chi connectivity index (χ2v) is 8.49. The van der Waals surface area contributed by atoms with E-state index in [-0.39, 0.29) is 18.8 Å². The average molecular weight is 420 g/mol. The second kappa shape index (κ2) is 8.33. The van der Waals surface area contributed by atoms with Crippen molar-refractivity contribution in [2.75, 3.05) is 6.61 Å². The standard InChI is InChI=1S/C24H27F3O3/c1-14-20-3-2-4-21(20)16(9-15-5-7-17(8-6-15)24(25,26)27)10-22(14)23-12-18(29)11-19(13-28)30-23/h5-8,10,18-19,23,28-29H,2-4,9,11-13H2,1H3/t18-,19-,23+/m0/s1. The third kappa shape index (κ3) is 4.27. The lowest BCUT2D eigenvalue weighted by Gasteiger charge is -2.34. The van der Waals surface area contributed by atoms with Gasteiger partial charge in [-0.25, -0.2) is 0 Å². The van der Waals surface area contributed by atoms with Crippen LogP contribution in [-0.4, -0.2) is 29.0 Å². The fourth-order valence-corrected chi connectivity index (χ4v) is 4.90. The van der Waals surface area contributed by atoms with Gasteiger partial charge in [0.05, 0.1) is 30.5 Å². The smallest absolute Gasteiger partial charge is 0.394 e. The van der Waals surface area contributed by atoms with Crippen LogP contribution in [0.25, 0.3) is 0 Å². The summed E-state index contributed by atoms with van der Waals surface area (Å²) in [7, 11) is 0. The van der Waals surface area contributed by atoms with Crippen molar-refractivity contribution in [1.29, 1.82) is 0 Å². The lowest BCUT2D eigenvalue weighted by Crippen LogP contribution is -2.34. The molecule has 1 aliphatic heterocycles. The molecule has 1 heterocycles. The Labute approximate surface area is 174 Å². The first-order chi connectivity index (χ1) is 14.3. The van der Waals surface area contributed by atoms with Gasteiger partial charge in [-0.05, 0) is 78.1 Å². The first kappa shape index (κ1) is 21.3. The monoisotopic (exact) mass is 420 g/mol. The molecule has 3 atom stereocenters. The van der Waals surface area contributed by atoms with Crippen molar-refractivity contribution in [1.82, 2.24) is 0 Å². The Morgan fingerprint density at radius 1 is 1.07 bits per heavy atom. The summed E-state index contributed by atoms with van der Waals surface area (Å²) in [6.07, 6.45) is -1.04. The van der Waals surface area contributed by atoms with Crippen molar-refractivity contribution in [3.05, 3.63) is 69.3 Å². The van der Waals surface area contributed by atoms with E-state index < -0.39 is 17.8 Å². The minimum Gasteiger partial charge on any atom is -0.394 e. The highest BCUT2D eigenvalue weighted by atomic mass is 19.4.